The molecular formula is C45H44Cl2FN7O6. The van der Waals surface area contributed by atoms with Gasteiger partial charge in [-0.05, 0) is 85.0 Å². The third-order valence-electron chi connectivity index (χ3n) is 13.6. The first-order chi connectivity index (χ1) is 29.4. The van der Waals surface area contributed by atoms with Gasteiger partial charge in [-0.3, -0.25) is 49.6 Å². The lowest BCUT2D eigenvalue weighted by atomic mass is 9.55. The van der Waals surface area contributed by atoms with Crippen molar-refractivity contribution >= 4 is 64.3 Å². The summed E-state index contributed by atoms with van der Waals surface area (Å²) in [5, 5.41) is 15.3. The fourth-order valence-electron chi connectivity index (χ4n) is 10.9. The number of benzene rings is 3. The van der Waals surface area contributed by atoms with Crippen LogP contribution in [-0.4, -0.2) is 88.5 Å². The van der Waals surface area contributed by atoms with Gasteiger partial charge in [0.25, 0.3) is 5.91 Å². The molecule has 5 aliphatic heterocycles. The van der Waals surface area contributed by atoms with E-state index in [1.165, 1.54) is 11.0 Å². The molecule has 4 atom stereocenters. The minimum Gasteiger partial charge on any atom is -0.352 e. The fourth-order valence-corrected chi connectivity index (χ4v) is 11.2. The first-order valence-electron chi connectivity index (χ1n) is 20.8. The Bertz CT molecular complexity index is 2440. The predicted molar refractivity (Wildman–Crippen MR) is 224 cm³/mol. The Hall–Kier alpha value is -5.33. The van der Waals surface area contributed by atoms with E-state index in [2.05, 4.69) is 38.5 Å². The summed E-state index contributed by atoms with van der Waals surface area (Å²) in [6, 6.07) is 15.9. The Kier molecular flexibility index (Phi) is 10.9. The standard InChI is InChI=1S/C45H44Cl2FN7O6/c46-26-10-11-31-33(22-26)51-43(61)45(31)37(29-8-5-9-32(47)38(29)48)39(53-44(45)17-2-1-3-18-44)41(59)50-27-15-20-54(21-16-27)24-36(57)49-19-14-25-6-4-7-28-30(25)23-55(42(28)60)34-12-13-35(56)52-40(34)58/h4-11,22,27,34,37,39,53H,1-3,12-13,15-18,20-21,23-24H2,(H,49,57)(H,50,59)(H,51,61)(H,52,56,58)/t34?,37-,39+,45+/m0/s1. The summed E-state index contributed by atoms with van der Waals surface area (Å²) < 4.78 is 16.3. The lowest BCUT2D eigenvalue weighted by molar-refractivity contribution is -0.137. The van der Waals surface area contributed by atoms with Gasteiger partial charge in [-0.15, -0.1) is 0 Å². The minimum atomic E-state index is -1.32. The number of hydrogen-bond donors (Lipinski definition) is 5. The van der Waals surface area contributed by atoms with E-state index in [0.29, 0.717) is 71.7 Å². The average Bonchev–Trinajstić information content (AvgIpc) is 3.83. The van der Waals surface area contributed by atoms with Crippen LogP contribution in [0, 0.1) is 17.8 Å². The second-order valence-corrected chi connectivity index (χ2v) is 17.8. The summed E-state index contributed by atoms with van der Waals surface area (Å²) in [7, 11) is 0. The molecule has 1 unspecified atom stereocenters. The van der Waals surface area contributed by atoms with Crippen molar-refractivity contribution in [3.63, 3.8) is 0 Å². The number of amides is 6. The van der Waals surface area contributed by atoms with Crippen LogP contribution in [0.5, 0.6) is 0 Å². The van der Waals surface area contributed by atoms with Gasteiger partial charge in [-0.25, -0.2) is 4.39 Å². The smallest absolute Gasteiger partial charge is 0.255 e. The summed E-state index contributed by atoms with van der Waals surface area (Å²) in [4.78, 5) is 83.0. The van der Waals surface area contributed by atoms with Crippen molar-refractivity contribution in [3.05, 3.63) is 98.3 Å². The van der Waals surface area contributed by atoms with Gasteiger partial charge in [0.2, 0.25) is 29.5 Å². The summed E-state index contributed by atoms with van der Waals surface area (Å²) in [6.45, 7) is 1.28. The number of nitrogens with one attached hydrogen (secondary N) is 5. The number of anilines is 1. The predicted octanol–water partition coefficient (Wildman–Crippen LogP) is 4.25. The van der Waals surface area contributed by atoms with Gasteiger partial charge in [-0.2, -0.15) is 0 Å². The van der Waals surface area contributed by atoms with Gasteiger partial charge >= 0.3 is 0 Å². The normalized spacial score (nSPS) is 25.8. The summed E-state index contributed by atoms with van der Waals surface area (Å²) >= 11 is 12.8. The lowest BCUT2D eigenvalue weighted by Gasteiger charge is -2.47. The molecule has 61 heavy (non-hydrogen) atoms. The molecule has 5 heterocycles. The van der Waals surface area contributed by atoms with Crippen LogP contribution in [0.25, 0.3) is 0 Å². The van der Waals surface area contributed by atoms with Gasteiger partial charge in [-0.1, -0.05) is 66.7 Å². The Labute approximate surface area is 361 Å². The molecule has 0 aromatic heterocycles. The number of fused-ring (bicyclic) bond motifs is 4. The van der Waals surface area contributed by atoms with Crippen LogP contribution in [-0.2, 0) is 35.9 Å². The second-order valence-electron chi connectivity index (χ2n) is 16.9. The topological polar surface area (TPSA) is 169 Å². The first-order valence-corrected chi connectivity index (χ1v) is 21.6. The van der Waals surface area contributed by atoms with E-state index in [9.17, 15) is 28.8 Å². The molecular weight excluding hydrogens is 824 g/mol. The number of piperidine rings is 2. The largest absolute Gasteiger partial charge is 0.352 e. The van der Waals surface area contributed by atoms with Crippen LogP contribution in [0.4, 0.5) is 10.1 Å². The number of imide groups is 1. The number of halogens is 3. The van der Waals surface area contributed by atoms with E-state index >= 15 is 4.39 Å². The van der Waals surface area contributed by atoms with Crippen molar-refractivity contribution in [3.8, 4) is 12.0 Å². The zero-order valence-electron chi connectivity index (χ0n) is 33.2. The average molecular weight is 869 g/mol. The highest BCUT2D eigenvalue weighted by atomic mass is 35.5. The molecule has 6 amide bonds. The molecule has 2 spiro atoms. The Balaban J connectivity index is 0.865. The molecule has 1 saturated carbocycles. The highest BCUT2D eigenvalue weighted by Gasteiger charge is 2.72. The minimum absolute atomic E-state index is 0.0773. The van der Waals surface area contributed by atoms with Crippen LogP contribution < -0.4 is 26.6 Å². The maximum Gasteiger partial charge on any atom is 0.255 e. The van der Waals surface area contributed by atoms with Crippen molar-refractivity contribution in [1.82, 2.24) is 31.1 Å². The van der Waals surface area contributed by atoms with Crippen molar-refractivity contribution in [1.29, 1.82) is 0 Å². The number of rotatable bonds is 6. The van der Waals surface area contributed by atoms with Crippen molar-refractivity contribution < 1.29 is 33.2 Å². The third-order valence-corrected chi connectivity index (χ3v) is 14.1. The molecule has 3 saturated heterocycles. The summed E-state index contributed by atoms with van der Waals surface area (Å²) in [5.74, 6) is -0.738. The number of likely N-dealkylation sites (tertiary alicyclic amines) is 1. The molecule has 16 heteroatoms. The number of nitrogens with zero attached hydrogens (tertiary/aromatic N) is 2. The van der Waals surface area contributed by atoms with Gasteiger partial charge in [0.1, 0.15) is 17.3 Å². The molecule has 9 rings (SSSR count). The zero-order valence-corrected chi connectivity index (χ0v) is 34.7. The van der Waals surface area contributed by atoms with E-state index in [1.807, 2.05) is 11.0 Å². The molecule has 1 aliphatic carbocycles. The van der Waals surface area contributed by atoms with Crippen LogP contribution in [0.1, 0.15) is 96.3 Å². The summed E-state index contributed by atoms with van der Waals surface area (Å²) in [5.41, 5.74) is 0.913. The number of carbonyl (C=O) groups excluding carboxylic acids is 6. The van der Waals surface area contributed by atoms with E-state index in [1.54, 1.807) is 42.5 Å². The van der Waals surface area contributed by atoms with Gasteiger partial charge in [0.05, 0.1) is 17.6 Å². The van der Waals surface area contributed by atoms with E-state index in [-0.39, 0.29) is 72.1 Å². The van der Waals surface area contributed by atoms with Crippen LogP contribution >= 0.6 is 23.2 Å². The van der Waals surface area contributed by atoms with Gasteiger partial charge in [0, 0.05) is 71.4 Å². The van der Waals surface area contributed by atoms with Crippen LogP contribution in [0.2, 0.25) is 10.0 Å². The molecule has 3 aromatic carbocycles. The second kappa shape index (κ2) is 16.2. The van der Waals surface area contributed by atoms with Gasteiger partial charge < -0.3 is 15.5 Å². The molecule has 13 nitrogen and oxygen atoms in total. The SMILES string of the molecule is O=C(CN1CCC(NC(=O)[C@@H]2NC3(CCCCC3)[C@@]3(C(=O)Nc4cc(Cl)ccc43)[C@H]2c2cccc(Cl)c2F)CC1)NC#Cc1cccc2c1CN(C1CCC(=O)NC1=O)C2=O. The van der Waals surface area contributed by atoms with E-state index in [0.717, 1.165) is 19.3 Å². The molecule has 0 bridgehead atoms. The maximum absolute atomic E-state index is 16.3. The van der Waals surface area contributed by atoms with Gasteiger partial charge in [0.15, 0.2) is 0 Å². The Morgan fingerprint density at radius 2 is 1.70 bits per heavy atom. The monoisotopic (exact) mass is 867 g/mol. The molecule has 5 N–H and O–H groups in total. The van der Waals surface area contributed by atoms with Crippen LogP contribution in [0.15, 0.2) is 54.6 Å². The van der Waals surface area contributed by atoms with Crippen molar-refractivity contribution in [2.75, 3.05) is 25.0 Å². The fraction of sp³-hybridized carbons (Fsp3) is 0.422. The number of hydrogen-bond acceptors (Lipinski definition) is 8. The van der Waals surface area contributed by atoms with E-state index < -0.39 is 40.7 Å². The quantitative estimate of drug-likeness (QED) is 0.139. The molecule has 316 valence electrons. The molecule has 6 aliphatic rings. The van der Waals surface area contributed by atoms with Crippen LogP contribution in [0.3, 0.4) is 0 Å². The Morgan fingerprint density at radius 3 is 2.48 bits per heavy atom. The highest BCUT2D eigenvalue weighted by molar-refractivity contribution is 6.31. The maximum atomic E-state index is 16.3. The zero-order chi connectivity index (χ0) is 42.6. The summed E-state index contributed by atoms with van der Waals surface area (Å²) in [6.07, 6.45) is 5.40. The Morgan fingerprint density at radius 1 is 0.934 bits per heavy atom. The molecule has 0 radical (unpaired) electrons. The first kappa shape index (κ1) is 41.0. The lowest BCUT2D eigenvalue weighted by Crippen LogP contribution is -2.60. The molecule has 3 aromatic rings. The molecule has 4 fully saturated rings. The number of carbonyl (C=O) groups is 6. The third kappa shape index (κ3) is 7.05. The van der Waals surface area contributed by atoms with Crippen molar-refractivity contribution in [2.45, 2.75) is 99.3 Å². The van der Waals surface area contributed by atoms with E-state index in [4.69, 9.17) is 23.2 Å². The van der Waals surface area contributed by atoms with Crippen molar-refractivity contribution in [2.24, 2.45) is 0 Å². The highest BCUT2D eigenvalue weighted by Crippen LogP contribution is 2.62.